The zero-order valence-electron chi connectivity index (χ0n) is 11.4. The fourth-order valence-electron chi connectivity index (χ4n) is 1.79. The van der Waals surface area contributed by atoms with Crippen molar-refractivity contribution in [2.24, 2.45) is 0 Å². The van der Waals surface area contributed by atoms with E-state index in [1.54, 1.807) is 12.1 Å². The van der Waals surface area contributed by atoms with Crippen LogP contribution in [0.1, 0.15) is 42.5 Å². The van der Waals surface area contributed by atoms with Gasteiger partial charge in [0.2, 0.25) is 0 Å². The molecule has 0 bridgehead atoms. The molecule has 0 aliphatic heterocycles. The van der Waals surface area contributed by atoms with Crippen LogP contribution in [0.3, 0.4) is 0 Å². The molecule has 1 aromatic carbocycles. The van der Waals surface area contributed by atoms with Gasteiger partial charge in [0, 0.05) is 16.5 Å². The quantitative estimate of drug-likeness (QED) is 0.365. The van der Waals surface area contributed by atoms with Gasteiger partial charge >= 0.3 is 5.97 Å². The minimum Gasteiger partial charge on any atom is -0.506 e. The third-order valence-electron chi connectivity index (χ3n) is 2.88. The standard InChI is InChI=1S/C14H17I2NO4/c15-9-7-10(13(20)11(16)8-9)14(21)17-6-4-2-1-3-5-12(18)19/h7-8,20H,1-6H2,(H,17,21)(H,18,19). The molecule has 21 heavy (non-hydrogen) atoms. The highest BCUT2D eigenvalue weighted by atomic mass is 127. The molecule has 0 saturated heterocycles. The van der Waals surface area contributed by atoms with E-state index >= 15 is 0 Å². The molecule has 7 heteroatoms. The first-order valence-corrected chi connectivity index (χ1v) is 8.75. The van der Waals surface area contributed by atoms with Crippen LogP contribution in [-0.2, 0) is 4.79 Å². The number of aromatic hydroxyl groups is 1. The summed E-state index contributed by atoms with van der Waals surface area (Å²) < 4.78 is 1.55. The van der Waals surface area contributed by atoms with Crippen LogP contribution in [0.2, 0.25) is 0 Å². The van der Waals surface area contributed by atoms with Crippen LogP contribution >= 0.6 is 45.2 Å². The number of hydrogen-bond donors (Lipinski definition) is 3. The number of unbranched alkanes of at least 4 members (excludes halogenated alkanes) is 3. The molecule has 1 amide bonds. The normalized spacial score (nSPS) is 10.4. The summed E-state index contributed by atoms with van der Waals surface area (Å²) in [7, 11) is 0. The molecule has 0 fully saturated rings. The minimum absolute atomic E-state index is 0.00924. The molecule has 0 aliphatic rings. The van der Waals surface area contributed by atoms with Crippen LogP contribution in [0.5, 0.6) is 5.75 Å². The Bertz CT molecular complexity index is 520. The lowest BCUT2D eigenvalue weighted by Gasteiger charge is -2.08. The molecule has 3 N–H and O–H groups in total. The first-order valence-electron chi connectivity index (χ1n) is 6.60. The summed E-state index contributed by atoms with van der Waals surface area (Å²) in [5, 5.41) is 21.2. The number of carbonyl (C=O) groups excluding carboxylic acids is 1. The Balaban J connectivity index is 2.33. The minimum atomic E-state index is -0.771. The summed E-state index contributed by atoms with van der Waals surface area (Å²) in [5.74, 6) is -1.04. The highest BCUT2D eigenvalue weighted by Gasteiger charge is 2.14. The van der Waals surface area contributed by atoms with Crippen LogP contribution in [0.25, 0.3) is 0 Å². The van der Waals surface area contributed by atoms with E-state index in [0.717, 1.165) is 22.8 Å². The summed E-state index contributed by atoms with van der Waals surface area (Å²) in [6.07, 6.45) is 3.38. The lowest BCUT2D eigenvalue weighted by atomic mass is 10.1. The Hall–Kier alpha value is -0.580. The first-order chi connectivity index (χ1) is 9.91. The Morgan fingerprint density at radius 3 is 2.43 bits per heavy atom. The van der Waals surface area contributed by atoms with Crippen LogP contribution in [0, 0.1) is 7.14 Å². The van der Waals surface area contributed by atoms with Crippen molar-refractivity contribution in [2.45, 2.75) is 32.1 Å². The van der Waals surface area contributed by atoms with Crippen molar-refractivity contribution in [3.63, 3.8) is 0 Å². The van der Waals surface area contributed by atoms with Gasteiger partial charge in [0.25, 0.3) is 5.91 Å². The van der Waals surface area contributed by atoms with E-state index in [1.807, 2.05) is 22.6 Å². The summed E-state index contributed by atoms with van der Waals surface area (Å²) in [4.78, 5) is 22.3. The zero-order chi connectivity index (χ0) is 15.8. The van der Waals surface area contributed by atoms with Gasteiger partial charge in [0.05, 0.1) is 9.13 Å². The van der Waals surface area contributed by atoms with Crippen molar-refractivity contribution in [3.05, 3.63) is 24.8 Å². The number of carboxylic acid groups (broad SMARTS) is 1. The Morgan fingerprint density at radius 2 is 1.76 bits per heavy atom. The molecule has 1 rings (SSSR count). The number of nitrogens with one attached hydrogen (secondary N) is 1. The van der Waals surface area contributed by atoms with E-state index in [2.05, 4.69) is 27.9 Å². The van der Waals surface area contributed by atoms with Gasteiger partial charge in [-0.05, 0) is 70.2 Å². The van der Waals surface area contributed by atoms with E-state index < -0.39 is 5.97 Å². The molecule has 0 aliphatic carbocycles. The number of carbonyl (C=O) groups is 2. The highest BCUT2D eigenvalue weighted by molar-refractivity contribution is 14.1. The maximum Gasteiger partial charge on any atom is 0.303 e. The van der Waals surface area contributed by atoms with Gasteiger partial charge in [0.1, 0.15) is 5.75 Å². The summed E-state index contributed by atoms with van der Waals surface area (Å²) in [6.45, 7) is 0.521. The van der Waals surface area contributed by atoms with E-state index in [0.29, 0.717) is 16.5 Å². The smallest absolute Gasteiger partial charge is 0.303 e. The van der Waals surface area contributed by atoms with Gasteiger partial charge < -0.3 is 15.5 Å². The number of amides is 1. The van der Waals surface area contributed by atoms with Gasteiger partial charge in [-0.15, -0.1) is 0 Å². The van der Waals surface area contributed by atoms with Crippen molar-refractivity contribution < 1.29 is 19.8 Å². The van der Waals surface area contributed by atoms with E-state index in [4.69, 9.17) is 5.11 Å². The number of hydrogen-bond acceptors (Lipinski definition) is 3. The second-order valence-corrected chi connectivity index (χ2v) is 7.01. The van der Waals surface area contributed by atoms with Crippen LogP contribution in [0.15, 0.2) is 12.1 Å². The molecular formula is C14H17I2NO4. The van der Waals surface area contributed by atoms with E-state index in [1.165, 1.54) is 0 Å². The first kappa shape index (κ1) is 18.5. The van der Waals surface area contributed by atoms with Gasteiger partial charge in [-0.1, -0.05) is 12.8 Å². The number of rotatable bonds is 8. The molecule has 0 spiro atoms. The predicted molar refractivity (Wildman–Crippen MR) is 96.6 cm³/mol. The summed E-state index contributed by atoms with van der Waals surface area (Å²) >= 11 is 4.09. The number of carboxylic acids is 1. The second-order valence-electron chi connectivity index (χ2n) is 4.60. The molecule has 0 unspecified atom stereocenters. The fourth-order valence-corrected chi connectivity index (χ4v) is 3.64. The topological polar surface area (TPSA) is 86.6 Å². The van der Waals surface area contributed by atoms with Crippen molar-refractivity contribution in [2.75, 3.05) is 6.54 Å². The van der Waals surface area contributed by atoms with Crippen LogP contribution in [0.4, 0.5) is 0 Å². The van der Waals surface area contributed by atoms with Gasteiger partial charge in [0.15, 0.2) is 0 Å². The van der Waals surface area contributed by atoms with Crippen molar-refractivity contribution in [1.82, 2.24) is 5.32 Å². The van der Waals surface area contributed by atoms with Gasteiger partial charge in [-0.2, -0.15) is 0 Å². The number of aliphatic carboxylic acids is 1. The third-order valence-corrected chi connectivity index (χ3v) is 4.32. The second kappa shape index (κ2) is 9.44. The van der Waals surface area contributed by atoms with E-state index in [9.17, 15) is 14.7 Å². The number of phenolic OH excluding ortho intramolecular Hbond substituents is 1. The average molecular weight is 517 g/mol. The number of benzene rings is 1. The Morgan fingerprint density at radius 1 is 1.10 bits per heavy atom. The van der Waals surface area contributed by atoms with Crippen molar-refractivity contribution in [1.29, 1.82) is 0 Å². The summed E-state index contributed by atoms with van der Waals surface area (Å²) in [5.41, 5.74) is 0.289. The zero-order valence-corrected chi connectivity index (χ0v) is 15.7. The lowest BCUT2D eigenvalue weighted by molar-refractivity contribution is -0.137. The summed E-state index contributed by atoms with van der Waals surface area (Å²) in [6, 6.07) is 3.45. The molecule has 1 aromatic rings. The van der Waals surface area contributed by atoms with Crippen molar-refractivity contribution >= 4 is 57.1 Å². The molecule has 116 valence electrons. The molecule has 0 atom stereocenters. The highest BCUT2D eigenvalue weighted by Crippen LogP contribution is 2.26. The van der Waals surface area contributed by atoms with Crippen molar-refractivity contribution in [3.8, 4) is 5.75 Å². The Labute approximate surface area is 150 Å². The largest absolute Gasteiger partial charge is 0.506 e. The van der Waals surface area contributed by atoms with Crippen LogP contribution in [-0.4, -0.2) is 28.6 Å². The lowest BCUT2D eigenvalue weighted by Crippen LogP contribution is -2.24. The molecule has 0 radical (unpaired) electrons. The molecule has 0 heterocycles. The maximum absolute atomic E-state index is 12.0. The van der Waals surface area contributed by atoms with Gasteiger partial charge in [-0.25, -0.2) is 0 Å². The molecule has 0 aromatic heterocycles. The van der Waals surface area contributed by atoms with Crippen LogP contribution < -0.4 is 5.32 Å². The average Bonchev–Trinajstić information content (AvgIpc) is 2.41. The predicted octanol–water partition coefficient (Wildman–Crippen LogP) is 3.37. The number of phenols is 1. The monoisotopic (exact) mass is 517 g/mol. The molecule has 0 saturated carbocycles. The SMILES string of the molecule is O=C(O)CCCCCCNC(=O)c1cc(I)cc(I)c1O. The molecule has 5 nitrogen and oxygen atoms in total. The number of halogens is 2. The van der Waals surface area contributed by atoms with Gasteiger partial charge in [-0.3, -0.25) is 9.59 Å². The molecular weight excluding hydrogens is 500 g/mol. The maximum atomic E-state index is 12.0. The third kappa shape index (κ3) is 6.81. The van der Waals surface area contributed by atoms with E-state index in [-0.39, 0.29) is 23.6 Å². The fraction of sp³-hybridized carbons (Fsp3) is 0.429. The Kier molecular flexibility index (Phi) is 8.30.